The fraction of sp³-hybridized carbons (Fsp3) is 0.368. The molecule has 1 aromatic carbocycles. The normalized spacial score (nSPS) is 15.0. The third-order valence-corrected chi connectivity index (χ3v) is 4.91. The fourth-order valence-electron chi connectivity index (χ4n) is 3.34. The van der Waals surface area contributed by atoms with Crippen LogP contribution in [0.5, 0.6) is 0 Å². The molecule has 3 heterocycles. The predicted molar refractivity (Wildman–Crippen MR) is 95.9 cm³/mol. The van der Waals surface area contributed by atoms with Gasteiger partial charge in [0.1, 0.15) is 5.82 Å². The number of fused-ring (bicyclic) bond motifs is 1. The zero-order valence-corrected chi connectivity index (χ0v) is 14.7. The molecule has 4 rings (SSSR count). The Morgan fingerprint density at radius 3 is 2.85 bits per heavy atom. The molecule has 0 saturated carbocycles. The van der Waals surface area contributed by atoms with Gasteiger partial charge < -0.3 is 14.7 Å². The Balaban J connectivity index is 1.77. The monoisotopic (exact) mass is 356 g/mol. The van der Waals surface area contributed by atoms with E-state index in [4.69, 9.17) is 4.74 Å². The minimum Gasteiger partial charge on any atom is -0.390 e. The lowest BCUT2D eigenvalue weighted by Crippen LogP contribution is -2.36. The van der Waals surface area contributed by atoms with Gasteiger partial charge in [0.05, 0.1) is 43.1 Å². The van der Waals surface area contributed by atoms with E-state index in [-0.39, 0.29) is 12.4 Å². The number of rotatable bonds is 4. The molecule has 0 atom stereocenters. The van der Waals surface area contributed by atoms with Crippen molar-refractivity contribution in [2.45, 2.75) is 20.0 Å². The molecule has 1 aliphatic rings. The van der Waals surface area contributed by atoms with Crippen LogP contribution in [0.1, 0.15) is 22.5 Å². The molecule has 3 aromatic rings. The minimum atomic E-state index is -0.228. The first-order chi connectivity index (χ1) is 12.7. The van der Waals surface area contributed by atoms with E-state index in [1.807, 2.05) is 16.7 Å². The Labute approximate surface area is 150 Å². The van der Waals surface area contributed by atoms with E-state index < -0.39 is 0 Å². The van der Waals surface area contributed by atoms with Gasteiger partial charge in [-0.05, 0) is 24.1 Å². The van der Waals surface area contributed by atoms with E-state index in [0.717, 1.165) is 30.0 Å². The number of halogens is 1. The van der Waals surface area contributed by atoms with Crippen LogP contribution in [0.2, 0.25) is 0 Å². The van der Waals surface area contributed by atoms with E-state index >= 15 is 0 Å². The number of morpholine rings is 1. The number of ether oxygens (including phenoxy) is 1. The van der Waals surface area contributed by atoms with Crippen molar-refractivity contribution in [1.82, 2.24) is 14.4 Å². The van der Waals surface area contributed by atoms with Crippen LogP contribution in [0, 0.1) is 12.7 Å². The summed E-state index contributed by atoms with van der Waals surface area (Å²) in [4.78, 5) is 11.1. The van der Waals surface area contributed by atoms with Crippen LogP contribution >= 0.6 is 0 Å². The van der Waals surface area contributed by atoms with Gasteiger partial charge >= 0.3 is 0 Å². The Bertz CT molecular complexity index is 935. The van der Waals surface area contributed by atoms with Crippen LogP contribution in [0.3, 0.4) is 0 Å². The summed E-state index contributed by atoms with van der Waals surface area (Å²) >= 11 is 0. The molecule has 1 aliphatic heterocycles. The highest BCUT2D eigenvalue weighted by Gasteiger charge is 2.18. The first kappa shape index (κ1) is 16.9. The van der Waals surface area contributed by atoms with Gasteiger partial charge in [-0.25, -0.2) is 14.4 Å². The second kappa shape index (κ2) is 7.01. The summed E-state index contributed by atoms with van der Waals surface area (Å²) in [6, 6.07) is 5.06. The first-order valence-electron chi connectivity index (χ1n) is 8.71. The highest BCUT2D eigenvalue weighted by Crippen LogP contribution is 2.23. The van der Waals surface area contributed by atoms with Gasteiger partial charge in [0.15, 0.2) is 0 Å². The summed E-state index contributed by atoms with van der Waals surface area (Å²) in [5.41, 5.74) is 3.88. The fourth-order valence-corrected chi connectivity index (χ4v) is 3.34. The molecule has 1 saturated heterocycles. The number of nitrogens with zero attached hydrogens (tertiary/aromatic N) is 4. The molecule has 0 unspecified atom stereocenters. The van der Waals surface area contributed by atoms with Gasteiger partial charge in [0.25, 0.3) is 0 Å². The molecular formula is C19H21FN4O2. The van der Waals surface area contributed by atoms with E-state index in [0.29, 0.717) is 36.7 Å². The van der Waals surface area contributed by atoms with Crippen molar-refractivity contribution in [2.75, 3.05) is 31.2 Å². The van der Waals surface area contributed by atoms with Crippen LogP contribution in [0.15, 0.2) is 30.6 Å². The highest BCUT2D eigenvalue weighted by molar-refractivity contribution is 5.49. The van der Waals surface area contributed by atoms with Crippen molar-refractivity contribution in [1.29, 1.82) is 0 Å². The molecule has 0 spiro atoms. The molecule has 1 fully saturated rings. The molecular weight excluding hydrogens is 335 g/mol. The number of imidazole rings is 1. The maximum atomic E-state index is 13.9. The third kappa shape index (κ3) is 3.04. The van der Waals surface area contributed by atoms with Crippen molar-refractivity contribution in [3.63, 3.8) is 0 Å². The number of anilines is 1. The van der Waals surface area contributed by atoms with E-state index in [9.17, 15) is 9.50 Å². The number of benzene rings is 1. The second-order valence-corrected chi connectivity index (χ2v) is 6.45. The summed E-state index contributed by atoms with van der Waals surface area (Å²) in [6.45, 7) is 4.60. The molecule has 7 heteroatoms. The average molecular weight is 356 g/mol. The Morgan fingerprint density at radius 1 is 1.27 bits per heavy atom. The topological polar surface area (TPSA) is 62.9 Å². The molecule has 136 valence electrons. The van der Waals surface area contributed by atoms with Gasteiger partial charge in [0, 0.05) is 25.7 Å². The van der Waals surface area contributed by atoms with Crippen LogP contribution in [0.25, 0.3) is 5.78 Å². The predicted octanol–water partition coefficient (Wildman–Crippen LogP) is 2.10. The van der Waals surface area contributed by atoms with E-state index in [1.54, 1.807) is 19.2 Å². The number of aliphatic hydroxyl groups is 1. The first-order valence-corrected chi connectivity index (χ1v) is 8.71. The van der Waals surface area contributed by atoms with Crippen molar-refractivity contribution in [3.05, 3.63) is 58.9 Å². The van der Waals surface area contributed by atoms with Crippen molar-refractivity contribution in [3.8, 4) is 0 Å². The summed E-state index contributed by atoms with van der Waals surface area (Å²) < 4.78 is 21.2. The lowest BCUT2D eigenvalue weighted by Gasteiger charge is -2.28. The van der Waals surface area contributed by atoms with Crippen molar-refractivity contribution < 1.29 is 14.2 Å². The minimum absolute atomic E-state index is 0.181. The maximum Gasteiger partial charge on any atom is 0.234 e. The third-order valence-electron chi connectivity index (χ3n) is 4.91. The smallest absolute Gasteiger partial charge is 0.234 e. The van der Waals surface area contributed by atoms with Crippen molar-refractivity contribution in [2.24, 2.45) is 0 Å². The number of aliphatic hydroxyl groups excluding tert-OH is 1. The molecule has 0 aliphatic carbocycles. The zero-order chi connectivity index (χ0) is 18.1. The summed E-state index contributed by atoms with van der Waals surface area (Å²) in [5.74, 6) is 0.309. The molecule has 2 aromatic heterocycles. The number of hydrogen-bond donors (Lipinski definition) is 1. The lowest BCUT2D eigenvalue weighted by molar-refractivity contribution is 0.122. The van der Waals surface area contributed by atoms with Gasteiger partial charge in [0.2, 0.25) is 5.78 Å². The Kier molecular flexibility index (Phi) is 4.57. The van der Waals surface area contributed by atoms with Crippen LogP contribution in [-0.4, -0.2) is 45.8 Å². The second-order valence-electron chi connectivity index (χ2n) is 6.45. The maximum absolute atomic E-state index is 13.9. The number of hydrogen-bond acceptors (Lipinski definition) is 5. The SMILES string of the molecule is Cc1c(F)cccc1Cc1c(CO)nc2ncc(N3CCOCC3)cn12. The van der Waals surface area contributed by atoms with Gasteiger partial charge in [-0.3, -0.25) is 4.40 Å². The molecule has 1 N–H and O–H groups in total. The van der Waals surface area contributed by atoms with Crippen LogP contribution in [0.4, 0.5) is 10.1 Å². The molecule has 26 heavy (non-hydrogen) atoms. The average Bonchev–Trinajstić information content (AvgIpc) is 3.03. The van der Waals surface area contributed by atoms with E-state index in [2.05, 4.69) is 14.9 Å². The largest absolute Gasteiger partial charge is 0.390 e. The summed E-state index contributed by atoms with van der Waals surface area (Å²) in [7, 11) is 0. The van der Waals surface area contributed by atoms with Gasteiger partial charge in [-0.1, -0.05) is 12.1 Å². The van der Waals surface area contributed by atoms with Crippen LogP contribution < -0.4 is 4.90 Å². The van der Waals surface area contributed by atoms with Crippen molar-refractivity contribution >= 4 is 11.5 Å². The zero-order valence-electron chi connectivity index (χ0n) is 14.7. The van der Waals surface area contributed by atoms with Gasteiger partial charge in [-0.2, -0.15) is 0 Å². The van der Waals surface area contributed by atoms with Crippen LogP contribution in [-0.2, 0) is 17.8 Å². The summed E-state index contributed by atoms with van der Waals surface area (Å²) in [5, 5.41) is 9.73. The van der Waals surface area contributed by atoms with Gasteiger partial charge in [-0.15, -0.1) is 0 Å². The molecule has 0 amide bonds. The Hall–Kier alpha value is -2.51. The van der Waals surface area contributed by atoms with E-state index in [1.165, 1.54) is 6.07 Å². The number of aromatic nitrogens is 3. The highest BCUT2D eigenvalue weighted by atomic mass is 19.1. The molecule has 0 bridgehead atoms. The standard InChI is InChI=1S/C19H21FN4O2/c1-13-14(3-2-4-16(13)20)9-18-17(12-25)22-19-21-10-15(11-24(18)19)23-5-7-26-8-6-23/h2-4,10-11,25H,5-9,12H2,1H3. The molecule has 0 radical (unpaired) electrons. The Morgan fingerprint density at radius 2 is 2.08 bits per heavy atom. The lowest BCUT2D eigenvalue weighted by atomic mass is 10.0. The molecule has 6 nitrogen and oxygen atoms in total. The summed E-state index contributed by atoms with van der Waals surface area (Å²) in [6.07, 6.45) is 4.27. The quantitative estimate of drug-likeness (QED) is 0.776.